The van der Waals surface area contributed by atoms with Crippen LogP contribution in [0, 0.1) is 11.6 Å². The number of H-pyrrole nitrogens is 1. The van der Waals surface area contributed by atoms with E-state index in [1.807, 2.05) is 18.2 Å². The van der Waals surface area contributed by atoms with Crippen molar-refractivity contribution in [1.29, 1.82) is 0 Å². The van der Waals surface area contributed by atoms with E-state index >= 15 is 0 Å². The number of benzene rings is 2. The van der Waals surface area contributed by atoms with Crippen molar-refractivity contribution >= 4 is 22.7 Å². The summed E-state index contributed by atoms with van der Waals surface area (Å²) in [5.41, 5.74) is 13.6. The minimum atomic E-state index is -1.55. The molecule has 132 valence electrons. The number of nitrogens with one attached hydrogen (secondary N) is 2. The number of aromatic amines is 1. The third kappa shape index (κ3) is 2.88. The maximum absolute atomic E-state index is 14.0. The number of guanidine groups is 1. The molecule has 0 amide bonds. The van der Waals surface area contributed by atoms with E-state index in [0.29, 0.717) is 11.4 Å². The fourth-order valence-electron chi connectivity index (χ4n) is 2.87. The summed E-state index contributed by atoms with van der Waals surface area (Å²) in [7, 11) is 0. The molecule has 0 bridgehead atoms. The molecule has 9 heteroatoms. The second kappa shape index (κ2) is 5.88. The van der Waals surface area contributed by atoms with E-state index < -0.39 is 17.4 Å². The molecule has 0 radical (unpaired) electrons. The molecule has 1 unspecified atom stereocenters. The fraction of sp³-hybridized carbons (Fsp3) is 0.118. The van der Waals surface area contributed by atoms with Gasteiger partial charge >= 0.3 is 0 Å². The molecular formula is C17H15F2N7. The zero-order chi connectivity index (χ0) is 18.3. The molecule has 3 aromatic rings. The van der Waals surface area contributed by atoms with E-state index in [2.05, 4.69) is 25.5 Å². The van der Waals surface area contributed by atoms with Crippen LogP contribution in [0.15, 0.2) is 52.6 Å². The Morgan fingerprint density at radius 3 is 2.81 bits per heavy atom. The molecule has 1 aliphatic heterocycles. The van der Waals surface area contributed by atoms with Gasteiger partial charge < -0.3 is 11.1 Å². The van der Waals surface area contributed by atoms with Crippen LogP contribution >= 0.6 is 0 Å². The number of aliphatic imine (C=N–C) groups is 2. The lowest BCUT2D eigenvalue weighted by atomic mass is 10.1. The van der Waals surface area contributed by atoms with Gasteiger partial charge in [0.15, 0.2) is 17.6 Å². The van der Waals surface area contributed by atoms with E-state index in [4.69, 9.17) is 11.5 Å². The molecule has 2 heterocycles. The summed E-state index contributed by atoms with van der Waals surface area (Å²) in [6.07, 6.45) is 1.56. The number of amidine groups is 1. The van der Waals surface area contributed by atoms with Crippen LogP contribution in [-0.2, 0) is 6.42 Å². The van der Waals surface area contributed by atoms with Gasteiger partial charge in [-0.05, 0) is 17.7 Å². The van der Waals surface area contributed by atoms with Crippen molar-refractivity contribution in [3.05, 3.63) is 65.4 Å². The monoisotopic (exact) mass is 355 g/mol. The van der Waals surface area contributed by atoms with Crippen molar-refractivity contribution < 1.29 is 8.78 Å². The van der Waals surface area contributed by atoms with Crippen molar-refractivity contribution in [1.82, 2.24) is 15.5 Å². The summed E-state index contributed by atoms with van der Waals surface area (Å²) in [6.45, 7) is 0. The maximum atomic E-state index is 14.0. The lowest BCUT2D eigenvalue weighted by Gasteiger charge is -2.27. The summed E-state index contributed by atoms with van der Waals surface area (Å²) < 4.78 is 27.5. The van der Waals surface area contributed by atoms with Gasteiger partial charge in [-0.25, -0.2) is 18.8 Å². The van der Waals surface area contributed by atoms with Gasteiger partial charge in [0.1, 0.15) is 5.84 Å². The van der Waals surface area contributed by atoms with Gasteiger partial charge in [-0.2, -0.15) is 5.10 Å². The van der Waals surface area contributed by atoms with E-state index in [1.54, 1.807) is 6.20 Å². The average Bonchev–Trinajstić information content (AvgIpc) is 3.05. The normalized spacial score (nSPS) is 19.8. The van der Waals surface area contributed by atoms with Crippen molar-refractivity contribution in [3.63, 3.8) is 0 Å². The largest absolute Gasteiger partial charge is 0.370 e. The van der Waals surface area contributed by atoms with Crippen molar-refractivity contribution in [2.45, 2.75) is 12.2 Å². The highest BCUT2D eigenvalue weighted by atomic mass is 19.2. The van der Waals surface area contributed by atoms with Crippen LogP contribution in [0.3, 0.4) is 0 Å². The highest BCUT2D eigenvalue weighted by Gasteiger charge is 2.30. The van der Waals surface area contributed by atoms with Crippen LogP contribution in [0.1, 0.15) is 11.1 Å². The van der Waals surface area contributed by atoms with Gasteiger partial charge in [-0.1, -0.05) is 24.3 Å². The molecule has 1 aliphatic rings. The highest BCUT2D eigenvalue weighted by Crippen LogP contribution is 2.22. The Morgan fingerprint density at radius 1 is 1.12 bits per heavy atom. The van der Waals surface area contributed by atoms with Crippen LogP contribution in [0.4, 0.5) is 8.78 Å². The standard InChI is InChI=1S/C17H15F2N7/c18-12-3-1-2-10(14(12)19)7-17(21)24-15(23-16(20)25-17)9-4-5-11-8-22-26-13(11)6-9/h1-6,8H,7,21H2,(H,22,26)(H3,20,23,24,25). The number of fused-ring (bicyclic) bond motifs is 1. The third-order valence-electron chi connectivity index (χ3n) is 4.06. The van der Waals surface area contributed by atoms with Crippen molar-refractivity contribution in [2.75, 3.05) is 0 Å². The van der Waals surface area contributed by atoms with Crippen molar-refractivity contribution in [2.24, 2.45) is 21.5 Å². The Bertz CT molecular complexity index is 1060. The maximum Gasteiger partial charge on any atom is 0.212 e. The molecule has 1 atom stereocenters. The summed E-state index contributed by atoms with van der Waals surface area (Å²) in [5.74, 6) is -3.05. The topological polar surface area (TPSA) is 117 Å². The molecule has 0 spiro atoms. The number of nitrogens with zero attached hydrogens (tertiary/aromatic N) is 3. The Hall–Kier alpha value is -3.33. The number of hydrogen-bond donors (Lipinski definition) is 4. The third-order valence-corrected chi connectivity index (χ3v) is 4.06. The first-order valence-corrected chi connectivity index (χ1v) is 7.81. The van der Waals surface area contributed by atoms with Gasteiger partial charge in [0.2, 0.25) is 5.79 Å². The van der Waals surface area contributed by atoms with Crippen molar-refractivity contribution in [3.8, 4) is 0 Å². The SMILES string of the molecule is NC1=NC(N)(Cc2cccc(F)c2F)N=C(c2ccc3cn[nH]c3c2)N1. The molecule has 0 fully saturated rings. The zero-order valence-corrected chi connectivity index (χ0v) is 13.5. The predicted octanol–water partition coefficient (Wildman–Crippen LogP) is 1.36. The molecular weight excluding hydrogens is 340 g/mol. The molecule has 2 aromatic carbocycles. The van der Waals surface area contributed by atoms with Gasteiger partial charge in [0.25, 0.3) is 0 Å². The summed E-state index contributed by atoms with van der Waals surface area (Å²) >= 11 is 0. The number of nitrogens with two attached hydrogens (primary N) is 2. The summed E-state index contributed by atoms with van der Waals surface area (Å²) in [4.78, 5) is 8.46. The Labute approximate surface area is 146 Å². The molecule has 0 saturated carbocycles. The Morgan fingerprint density at radius 2 is 1.96 bits per heavy atom. The fourth-order valence-corrected chi connectivity index (χ4v) is 2.87. The molecule has 26 heavy (non-hydrogen) atoms. The number of rotatable bonds is 3. The number of aromatic nitrogens is 2. The van der Waals surface area contributed by atoms with Crippen LogP contribution < -0.4 is 16.8 Å². The quantitative estimate of drug-likeness (QED) is 0.567. The molecule has 0 aliphatic carbocycles. The lowest BCUT2D eigenvalue weighted by molar-refractivity contribution is 0.434. The van der Waals surface area contributed by atoms with E-state index in [-0.39, 0.29) is 17.9 Å². The second-order valence-corrected chi connectivity index (χ2v) is 6.02. The molecule has 6 N–H and O–H groups in total. The lowest BCUT2D eigenvalue weighted by Crippen LogP contribution is -2.51. The van der Waals surface area contributed by atoms with Crippen LogP contribution in [-0.4, -0.2) is 27.8 Å². The Balaban J connectivity index is 1.72. The van der Waals surface area contributed by atoms with Crippen LogP contribution in [0.2, 0.25) is 0 Å². The van der Waals surface area contributed by atoms with Crippen LogP contribution in [0.5, 0.6) is 0 Å². The Kier molecular flexibility index (Phi) is 3.66. The van der Waals surface area contributed by atoms with E-state index in [1.165, 1.54) is 12.1 Å². The molecule has 7 nitrogen and oxygen atoms in total. The molecule has 1 aromatic heterocycles. The van der Waals surface area contributed by atoms with Crippen LogP contribution in [0.25, 0.3) is 10.9 Å². The van der Waals surface area contributed by atoms with Gasteiger partial charge in [0, 0.05) is 17.4 Å². The van der Waals surface area contributed by atoms with Gasteiger partial charge in [0.05, 0.1) is 11.7 Å². The highest BCUT2D eigenvalue weighted by molar-refractivity contribution is 6.10. The average molecular weight is 355 g/mol. The summed E-state index contributed by atoms with van der Waals surface area (Å²) in [5, 5.41) is 10.6. The first kappa shape index (κ1) is 16.2. The first-order chi connectivity index (χ1) is 12.4. The van der Waals surface area contributed by atoms with Gasteiger partial charge in [-0.15, -0.1) is 0 Å². The predicted molar refractivity (Wildman–Crippen MR) is 94.4 cm³/mol. The summed E-state index contributed by atoms with van der Waals surface area (Å²) in [6, 6.07) is 9.40. The minimum Gasteiger partial charge on any atom is -0.370 e. The van der Waals surface area contributed by atoms with Gasteiger partial charge in [-0.3, -0.25) is 10.8 Å². The number of halogens is 2. The molecule has 0 saturated heterocycles. The minimum absolute atomic E-state index is 0.0408. The zero-order valence-electron chi connectivity index (χ0n) is 13.5. The first-order valence-electron chi connectivity index (χ1n) is 7.81. The second-order valence-electron chi connectivity index (χ2n) is 6.02. The smallest absolute Gasteiger partial charge is 0.212 e. The molecule has 4 rings (SSSR count). The van der Waals surface area contributed by atoms with E-state index in [9.17, 15) is 8.78 Å². The van der Waals surface area contributed by atoms with E-state index in [0.717, 1.165) is 17.0 Å². The number of hydrogen-bond acceptors (Lipinski definition) is 6.